The van der Waals surface area contributed by atoms with Crippen LogP contribution in [0, 0.1) is 0 Å². The van der Waals surface area contributed by atoms with Crippen molar-refractivity contribution in [3.63, 3.8) is 0 Å². The van der Waals surface area contributed by atoms with Crippen molar-refractivity contribution in [1.29, 1.82) is 0 Å². The molecule has 0 aromatic carbocycles. The molecule has 94 valence electrons. The number of primary amides is 1. The molecule has 0 radical (unpaired) electrons. The maximum atomic E-state index is 10.5. The molecule has 1 rings (SSSR count). The van der Waals surface area contributed by atoms with Gasteiger partial charge in [-0.05, 0) is 6.42 Å². The Bertz CT molecular complexity index is 396. The number of rotatable bonds is 8. The minimum atomic E-state index is -0.888. The Morgan fingerprint density at radius 2 is 2.24 bits per heavy atom. The van der Waals surface area contributed by atoms with Crippen LogP contribution in [0.5, 0.6) is 0 Å². The van der Waals surface area contributed by atoms with Crippen LogP contribution in [0.4, 0.5) is 5.13 Å². The second-order valence-electron chi connectivity index (χ2n) is 3.05. The lowest BCUT2D eigenvalue weighted by molar-refractivity contribution is -0.133. The molecule has 1 amide bonds. The summed E-state index contributed by atoms with van der Waals surface area (Å²) in [5, 5.41) is 19.7. The highest BCUT2D eigenvalue weighted by Crippen LogP contribution is 2.25. The van der Waals surface area contributed by atoms with Crippen molar-refractivity contribution in [2.45, 2.75) is 17.2 Å². The minimum Gasteiger partial charge on any atom is -0.481 e. The Balaban J connectivity index is 2.25. The summed E-state index contributed by atoms with van der Waals surface area (Å²) in [5.41, 5.74) is 4.99. The van der Waals surface area contributed by atoms with Gasteiger partial charge in [0.25, 0.3) is 0 Å². The number of carboxylic acid groups (broad SMARTS) is 1. The summed E-state index contributed by atoms with van der Waals surface area (Å²) in [6.45, 7) is 0.584. The molecule has 9 heteroatoms. The van der Waals surface area contributed by atoms with Gasteiger partial charge in [0.05, 0.1) is 5.75 Å². The summed E-state index contributed by atoms with van der Waals surface area (Å²) in [7, 11) is 0. The molecule has 0 unspecified atom stereocenters. The smallest absolute Gasteiger partial charge is 0.313 e. The molecule has 0 saturated heterocycles. The van der Waals surface area contributed by atoms with Gasteiger partial charge in [-0.1, -0.05) is 23.1 Å². The summed E-state index contributed by atoms with van der Waals surface area (Å²) >= 11 is 2.41. The average molecular weight is 276 g/mol. The second kappa shape index (κ2) is 7.07. The molecule has 0 spiro atoms. The van der Waals surface area contributed by atoms with E-state index in [1.165, 1.54) is 11.3 Å². The first kappa shape index (κ1) is 13.7. The van der Waals surface area contributed by atoms with Crippen LogP contribution in [-0.4, -0.2) is 39.5 Å². The number of carbonyl (C=O) groups excluding carboxylic acids is 1. The third kappa shape index (κ3) is 6.07. The van der Waals surface area contributed by atoms with E-state index < -0.39 is 5.97 Å². The van der Waals surface area contributed by atoms with Crippen LogP contribution in [0.15, 0.2) is 4.34 Å². The number of nitrogens with zero attached hydrogens (tertiary/aromatic N) is 2. The van der Waals surface area contributed by atoms with Crippen LogP contribution in [0.1, 0.15) is 12.8 Å². The molecule has 0 saturated carbocycles. The lowest BCUT2D eigenvalue weighted by atomic mass is 10.3. The van der Waals surface area contributed by atoms with Gasteiger partial charge in [-0.25, -0.2) is 0 Å². The van der Waals surface area contributed by atoms with E-state index in [2.05, 4.69) is 15.5 Å². The zero-order chi connectivity index (χ0) is 12.7. The molecular weight excluding hydrogens is 264 g/mol. The van der Waals surface area contributed by atoms with E-state index in [0.717, 1.165) is 11.8 Å². The number of anilines is 1. The zero-order valence-electron chi connectivity index (χ0n) is 8.88. The number of aliphatic carboxylic acids is 1. The molecule has 1 aromatic heterocycles. The van der Waals surface area contributed by atoms with Gasteiger partial charge in [-0.2, -0.15) is 0 Å². The fourth-order valence-electron chi connectivity index (χ4n) is 0.921. The third-order valence-electron chi connectivity index (χ3n) is 1.60. The maximum absolute atomic E-state index is 10.5. The fraction of sp³-hybridized carbons (Fsp3) is 0.500. The van der Waals surface area contributed by atoms with E-state index in [9.17, 15) is 9.59 Å². The Labute approximate surface area is 106 Å². The van der Waals surface area contributed by atoms with Crippen LogP contribution in [0.2, 0.25) is 0 Å². The third-order valence-corrected chi connectivity index (χ3v) is 3.60. The van der Waals surface area contributed by atoms with Crippen molar-refractivity contribution < 1.29 is 14.7 Å². The normalized spacial score (nSPS) is 10.1. The number of nitrogens with two attached hydrogens (primary N) is 1. The zero-order valence-corrected chi connectivity index (χ0v) is 10.5. The molecule has 0 aliphatic carbocycles. The van der Waals surface area contributed by atoms with Gasteiger partial charge >= 0.3 is 5.97 Å². The van der Waals surface area contributed by atoms with Crippen molar-refractivity contribution in [3.8, 4) is 0 Å². The van der Waals surface area contributed by atoms with Crippen LogP contribution < -0.4 is 11.1 Å². The Hall–Kier alpha value is -1.35. The molecule has 1 aromatic rings. The molecule has 0 atom stereocenters. The van der Waals surface area contributed by atoms with Gasteiger partial charge in [-0.3, -0.25) is 9.59 Å². The topological polar surface area (TPSA) is 118 Å². The van der Waals surface area contributed by atoms with Crippen molar-refractivity contribution >= 4 is 40.1 Å². The number of hydrogen-bond acceptors (Lipinski definition) is 7. The van der Waals surface area contributed by atoms with E-state index >= 15 is 0 Å². The van der Waals surface area contributed by atoms with E-state index in [0.29, 0.717) is 28.9 Å². The number of carbonyl (C=O) groups is 2. The summed E-state index contributed by atoms with van der Waals surface area (Å²) < 4.78 is 0.602. The number of nitrogens with one attached hydrogen (secondary N) is 1. The number of carboxylic acids is 1. The van der Waals surface area contributed by atoms with Gasteiger partial charge in [0.1, 0.15) is 0 Å². The lowest BCUT2D eigenvalue weighted by Crippen LogP contribution is -2.12. The van der Waals surface area contributed by atoms with E-state index in [-0.39, 0.29) is 11.7 Å². The molecule has 0 bridgehead atoms. The lowest BCUT2D eigenvalue weighted by Gasteiger charge is -1.98. The molecular formula is C8H12N4O3S2. The van der Waals surface area contributed by atoms with Crippen molar-refractivity contribution in [2.75, 3.05) is 17.6 Å². The van der Waals surface area contributed by atoms with Crippen LogP contribution in [-0.2, 0) is 9.59 Å². The first-order valence-corrected chi connectivity index (χ1v) is 6.58. The summed E-state index contributed by atoms with van der Waals surface area (Å²) in [6.07, 6.45) is 0.957. The molecule has 0 aliphatic rings. The van der Waals surface area contributed by atoms with E-state index in [1.54, 1.807) is 0 Å². The predicted molar refractivity (Wildman–Crippen MR) is 65.2 cm³/mol. The fourth-order valence-corrected chi connectivity index (χ4v) is 2.42. The summed E-state index contributed by atoms with van der Waals surface area (Å²) in [6, 6.07) is 0. The number of thioether (sulfide) groups is 1. The van der Waals surface area contributed by atoms with Gasteiger partial charge in [-0.15, -0.1) is 10.2 Å². The van der Waals surface area contributed by atoms with Gasteiger partial charge < -0.3 is 16.2 Å². The highest BCUT2D eigenvalue weighted by atomic mass is 32.2. The Kier molecular flexibility index (Phi) is 5.70. The van der Waals surface area contributed by atoms with Crippen LogP contribution in [0.25, 0.3) is 0 Å². The minimum absolute atomic E-state index is 0.0314. The second-order valence-corrected chi connectivity index (χ2v) is 5.25. The predicted octanol–water partition coefficient (Wildman–Crippen LogP) is 0.392. The number of hydrogen-bond donors (Lipinski definition) is 3. The van der Waals surface area contributed by atoms with Crippen LogP contribution >= 0.6 is 23.1 Å². The van der Waals surface area contributed by atoms with Gasteiger partial charge in [0.15, 0.2) is 4.34 Å². The Morgan fingerprint density at radius 3 is 2.88 bits per heavy atom. The standard InChI is InChI=1S/C8H12N4O3S2/c9-5(13)2-1-3-10-7-11-12-8(17-7)16-4-6(14)15/h1-4H2,(H2,9,13)(H,10,11)(H,14,15). The van der Waals surface area contributed by atoms with Crippen molar-refractivity contribution in [1.82, 2.24) is 10.2 Å². The average Bonchev–Trinajstić information content (AvgIpc) is 2.69. The first-order valence-electron chi connectivity index (χ1n) is 4.78. The van der Waals surface area contributed by atoms with Crippen molar-refractivity contribution in [2.24, 2.45) is 5.73 Å². The van der Waals surface area contributed by atoms with Crippen LogP contribution in [0.3, 0.4) is 0 Å². The SMILES string of the molecule is NC(=O)CCCNc1nnc(SCC(=O)O)s1. The van der Waals surface area contributed by atoms with Crippen molar-refractivity contribution in [3.05, 3.63) is 0 Å². The molecule has 1 heterocycles. The summed E-state index contributed by atoms with van der Waals surface area (Å²) in [4.78, 5) is 20.8. The van der Waals surface area contributed by atoms with Gasteiger partial charge in [0, 0.05) is 13.0 Å². The highest BCUT2D eigenvalue weighted by molar-refractivity contribution is 8.01. The maximum Gasteiger partial charge on any atom is 0.313 e. The molecule has 0 aliphatic heterocycles. The Morgan fingerprint density at radius 1 is 1.47 bits per heavy atom. The monoisotopic (exact) mass is 276 g/mol. The molecule has 0 fully saturated rings. The molecule has 7 nitrogen and oxygen atoms in total. The number of amides is 1. The first-order chi connectivity index (χ1) is 8.08. The largest absolute Gasteiger partial charge is 0.481 e. The molecule has 17 heavy (non-hydrogen) atoms. The quantitative estimate of drug-likeness (QED) is 0.464. The summed E-state index contributed by atoms with van der Waals surface area (Å²) in [5.74, 6) is -1.25. The molecule has 4 N–H and O–H groups in total. The number of aromatic nitrogens is 2. The highest BCUT2D eigenvalue weighted by Gasteiger charge is 2.06. The van der Waals surface area contributed by atoms with Gasteiger partial charge in [0.2, 0.25) is 11.0 Å². The van der Waals surface area contributed by atoms with E-state index in [4.69, 9.17) is 10.8 Å². The van der Waals surface area contributed by atoms with E-state index in [1.807, 2.05) is 0 Å².